The van der Waals surface area contributed by atoms with Crippen molar-refractivity contribution >= 4 is 11.8 Å². The first-order valence-corrected chi connectivity index (χ1v) is 13.3. The number of amides is 2. The highest BCUT2D eigenvalue weighted by molar-refractivity contribution is 5.89. The number of rotatable bonds is 10. The van der Waals surface area contributed by atoms with E-state index in [1.165, 1.54) is 6.42 Å². The fourth-order valence-electron chi connectivity index (χ4n) is 5.13. The molecule has 4 rings (SSSR count). The van der Waals surface area contributed by atoms with E-state index in [1.807, 2.05) is 79.7 Å². The van der Waals surface area contributed by atoms with Crippen LogP contribution in [0.25, 0.3) is 0 Å². The first kappa shape index (κ1) is 26.5. The Morgan fingerprint density at radius 3 is 2.27 bits per heavy atom. The van der Waals surface area contributed by atoms with E-state index >= 15 is 0 Å². The predicted octanol–water partition coefficient (Wildman–Crippen LogP) is 5.64. The number of hydrogen-bond acceptors (Lipinski definition) is 3. The summed E-state index contributed by atoms with van der Waals surface area (Å²) in [5.41, 5.74) is 4.09. The normalized spacial score (nSPS) is 14.5. The van der Waals surface area contributed by atoms with Crippen LogP contribution in [0.3, 0.4) is 0 Å². The van der Waals surface area contributed by atoms with Gasteiger partial charge in [-0.3, -0.25) is 9.59 Å². The summed E-state index contributed by atoms with van der Waals surface area (Å²) < 4.78 is 5.27. The number of carbonyl (C=O) groups is 2. The summed E-state index contributed by atoms with van der Waals surface area (Å²) in [5, 5.41) is 3.30. The fourth-order valence-corrected chi connectivity index (χ4v) is 5.13. The SMILES string of the molecule is COc1ccc(CC(=O)N(Cc2cccc(C)c2)[C@@H](Cc2ccccc2)C(=O)NC2CCCCC2)cc1. The molecule has 0 unspecified atom stereocenters. The van der Waals surface area contributed by atoms with Crippen LogP contribution in [0.5, 0.6) is 5.75 Å². The zero-order chi connectivity index (χ0) is 26.0. The van der Waals surface area contributed by atoms with Crippen molar-refractivity contribution in [3.8, 4) is 5.75 Å². The van der Waals surface area contributed by atoms with Crippen molar-refractivity contribution in [2.75, 3.05) is 7.11 Å². The summed E-state index contributed by atoms with van der Waals surface area (Å²) in [6.45, 7) is 2.43. The van der Waals surface area contributed by atoms with E-state index in [1.54, 1.807) is 12.0 Å². The minimum Gasteiger partial charge on any atom is -0.497 e. The zero-order valence-corrected chi connectivity index (χ0v) is 22.0. The van der Waals surface area contributed by atoms with Crippen LogP contribution in [0.2, 0.25) is 0 Å². The third-order valence-electron chi connectivity index (χ3n) is 7.17. The van der Waals surface area contributed by atoms with E-state index in [9.17, 15) is 9.59 Å². The minimum absolute atomic E-state index is 0.0634. The maximum Gasteiger partial charge on any atom is 0.243 e. The number of carbonyl (C=O) groups excluding carboxylic acids is 2. The molecule has 1 aliphatic carbocycles. The summed E-state index contributed by atoms with van der Waals surface area (Å²) in [7, 11) is 1.63. The topological polar surface area (TPSA) is 58.6 Å². The Kier molecular flexibility index (Phi) is 9.36. The first-order valence-electron chi connectivity index (χ1n) is 13.3. The number of aryl methyl sites for hydroxylation is 1. The van der Waals surface area contributed by atoms with Gasteiger partial charge in [0.2, 0.25) is 11.8 Å². The van der Waals surface area contributed by atoms with E-state index in [-0.39, 0.29) is 24.3 Å². The van der Waals surface area contributed by atoms with Crippen LogP contribution in [0.1, 0.15) is 54.4 Å². The average Bonchev–Trinajstić information content (AvgIpc) is 2.92. The number of methoxy groups -OCH3 is 1. The molecule has 0 saturated heterocycles. The van der Waals surface area contributed by atoms with Crippen LogP contribution in [0.15, 0.2) is 78.9 Å². The highest BCUT2D eigenvalue weighted by Crippen LogP contribution is 2.21. The van der Waals surface area contributed by atoms with Crippen LogP contribution in [0.4, 0.5) is 0 Å². The van der Waals surface area contributed by atoms with Gasteiger partial charge in [0.1, 0.15) is 11.8 Å². The predicted molar refractivity (Wildman–Crippen MR) is 147 cm³/mol. The van der Waals surface area contributed by atoms with Crippen molar-refractivity contribution in [3.63, 3.8) is 0 Å². The van der Waals surface area contributed by atoms with E-state index < -0.39 is 6.04 Å². The molecule has 1 N–H and O–H groups in total. The van der Waals surface area contributed by atoms with Crippen LogP contribution in [-0.4, -0.2) is 35.9 Å². The third-order valence-corrected chi connectivity index (χ3v) is 7.17. The van der Waals surface area contributed by atoms with Gasteiger partial charge >= 0.3 is 0 Å². The molecule has 1 fully saturated rings. The van der Waals surface area contributed by atoms with Crippen molar-refractivity contribution in [2.24, 2.45) is 0 Å². The van der Waals surface area contributed by atoms with Crippen molar-refractivity contribution in [1.82, 2.24) is 10.2 Å². The molecule has 5 nitrogen and oxygen atoms in total. The summed E-state index contributed by atoms with van der Waals surface area (Å²) in [6, 6.07) is 25.3. The molecule has 5 heteroatoms. The van der Waals surface area contributed by atoms with Crippen molar-refractivity contribution in [3.05, 3.63) is 101 Å². The Morgan fingerprint density at radius 1 is 0.892 bits per heavy atom. The summed E-state index contributed by atoms with van der Waals surface area (Å²) in [6.07, 6.45) is 6.19. The quantitative estimate of drug-likeness (QED) is 0.394. The monoisotopic (exact) mass is 498 g/mol. The van der Waals surface area contributed by atoms with Gasteiger partial charge in [-0.25, -0.2) is 0 Å². The van der Waals surface area contributed by atoms with Gasteiger partial charge in [0.05, 0.1) is 13.5 Å². The van der Waals surface area contributed by atoms with E-state index in [4.69, 9.17) is 4.74 Å². The molecule has 0 heterocycles. The molecule has 3 aromatic rings. The Hall–Kier alpha value is -3.60. The second-order valence-electron chi connectivity index (χ2n) is 10.1. The summed E-state index contributed by atoms with van der Waals surface area (Å²) in [4.78, 5) is 29.5. The van der Waals surface area contributed by atoms with Gasteiger partial charge in [0.25, 0.3) is 0 Å². The Bertz CT molecular complexity index is 1150. The molecule has 1 aliphatic rings. The highest BCUT2D eigenvalue weighted by atomic mass is 16.5. The second-order valence-corrected chi connectivity index (χ2v) is 10.1. The highest BCUT2D eigenvalue weighted by Gasteiger charge is 2.32. The molecule has 1 atom stereocenters. The molecule has 2 amide bonds. The molecule has 0 aromatic heterocycles. The number of nitrogens with zero attached hydrogens (tertiary/aromatic N) is 1. The number of ether oxygens (including phenoxy) is 1. The lowest BCUT2D eigenvalue weighted by Crippen LogP contribution is -2.53. The van der Waals surface area contributed by atoms with Gasteiger partial charge in [0, 0.05) is 19.0 Å². The molecule has 1 saturated carbocycles. The zero-order valence-electron chi connectivity index (χ0n) is 22.0. The maximum absolute atomic E-state index is 13.9. The summed E-state index contributed by atoms with van der Waals surface area (Å²) in [5.74, 6) is 0.625. The molecular formula is C32H38N2O3. The van der Waals surface area contributed by atoms with Gasteiger partial charge in [-0.1, -0.05) is 91.6 Å². The van der Waals surface area contributed by atoms with Gasteiger partial charge in [-0.15, -0.1) is 0 Å². The van der Waals surface area contributed by atoms with Crippen molar-refractivity contribution in [2.45, 2.75) is 70.5 Å². The lowest BCUT2D eigenvalue weighted by molar-refractivity contribution is -0.141. The third kappa shape index (κ3) is 7.69. The van der Waals surface area contributed by atoms with E-state index in [2.05, 4.69) is 11.4 Å². The number of nitrogens with one attached hydrogen (secondary N) is 1. The maximum atomic E-state index is 13.9. The Labute approximate surface area is 220 Å². The van der Waals surface area contributed by atoms with Crippen molar-refractivity contribution in [1.29, 1.82) is 0 Å². The van der Waals surface area contributed by atoms with Gasteiger partial charge < -0.3 is 15.0 Å². The molecule has 37 heavy (non-hydrogen) atoms. The number of hydrogen-bond donors (Lipinski definition) is 1. The molecular weight excluding hydrogens is 460 g/mol. The smallest absolute Gasteiger partial charge is 0.243 e. The van der Waals surface area contributed by atoms with E-state index in [0.29, 0.717) is 13.0 Å². The molecule has 194 valence electrons. The Balaban J connectivity index is 1.64. The lowest BCUT2D eigenvalue weighted by atomic mass is 9.94. The van der Waals surface area contributed by atoms with Crippen LogP contribution < -0.4 is 10.1 Å². The van der Waals surface area contributed by atoms with Crippen LogP contribution >= 0.6 is 0 Å². The summed E-state index contributed by atoms with van der Waals surface area (Å²) >= 11 is 0. The minimum atomic E-state index is -0.601. The van der Waals surface area contributed by atoms with E-state index in [0.717, 1.165) is 53.7 Å². The van der Waals surface area contributed by atoms with Crippen LogP contribution in [-0.2, 0) is 29.0 Å². The number of benzene rings is 3. The first-order chi connectivity index (χ1) is 18.0. The van der Waals surface area contributed by atoms with Crippen LogP contribution in [0, 0.1) is 6.92 Å². The van der Waals surface area contributed by atoms with Gasteiger partial charge in [-0.05, 0) is 48.6 Å². The standard InChI is InChI=1S/C32H38N2O3/c1-24-10-9-13-27(20-24)23-34(31(35)22-26-16-18-29(37-2)19-17-26)30(21-25-11-5-3-6-12-25)32(36)33-28-14-7-4-8-15-28/h3,5-6,9-13,16-20,28,30H,4,7-8,14-15,21-23H2,1-2H3,(H,33,36)/t30-/m0/s1. The molecule has 0 aliphatic heterocycles. The fraction of sp³-hybridized carbons (Fsp3) is 0.375. The molecule has 0 spiro atoms. The lowest BCUT2D eigenvalue weighted by Gasteiger charge is -2.33. The average molecular weight is 499 g/mol. The van der Waals surface area contributed by atoms with Gasteiger partial charge in [-0.2, -0.15) is 0 Å². The molecule has 0 radical (unpaired) electrons. The second kappa shape index (κ2) is 13.1. The molecule has 0 bridgehead atoms. The largest absolute Gasteiger partial charge is 0.497 e. The van der Waals surface area contributed by atoms with Crippen molar-refractivity contribution < 1.29 is 14.3 Å². The molecule has 3 aromatic carbocycles. The Morgan fingerprint density at radius 2 is 1.59 bits per heavy atom. The van der Waals surface area contributed by atoms with Gasteiger partial charge in [0.15, 0.2) is 0 Å².